The van der Waals surface area contributed by atoms with E-state index in [4.69, 9.17) is 4.74 Å². The predicted molar refractivity (Wildman–Crippen MR) is 87.3 cm³/mol. The van der Waals surface area contributed by atoms with Gasteiger partial charge >= 0.3 is 0 Å². The minimum Gasteiger partial charge on any atom is -0.497 e. The molecule has 1 atom stereocenters. The molecule has 0 radical (unpaired) electrons. The second kappa shape index (κ2) is 7.03. The van der Waals surface area contributed by atoms with Crippen LogP contribution in [0, 0.1) is 0 Å². The minimum absolute atomic E-state index is 0.000757. The topological polar surface area (TPSA) is 66.9 Å². The highest BCUT2D eigenvalue weighted by atomic mass is 16.5. The molecule has 0 aliphatic carbocycles. The van der Waals surface area contributed by atoms with E-state index in [2.05, 4.69) is 0 Å². The maximum Gasteiger partial charge on any atom is 0.229 e. The van der Waals surface area contributed by atoms with Crippen LogP contribution in [-0.4, -0.2) is 47.7 Å². The summed E-state index contributed by atoms with van der Waals surface area (Å²) in [5.74, 6) is 0.461. The first-order valence-electron chi connectivity index (χ1n) is 8.37. The van der Waals surface area contributed by atoms with Gasteiger partial charge in [0.25, 0.3) is 0 Å². The number of ether oxygens (including phenoxy) is 1. The zero-order valence-corrected chi connectivity index (χ0v) is 13.9. The summed E-state index contributed by atoms with van der Waals surface area (Å²) in [5.41, 5.74) is 1.09. The minimum atomic E-state index is -0.166. The van der Waals surface area contributed by atoms with Gasteiger partial charge in [-0.2, -0.15) is 0 Å². The Balaban J connectivity index is 1.62. The van der Waals surface area contributed by atoms with Crippen LogP contribution in [0.5, 0.6) is 5.75 Å². The summed E-state index contributed by atoms with van der Waals surface area (Å²) >= 11 is 0. The molecule has 6 heteroatoms. The van der Waals surface area contributed by atoms with Crippen LogP contribution < -0.4 is 4.74 Å². The summed E-state index contributed by atoms with van der Waals surface area (Å²) in [6.07, 6.45) is 2.63. The average molecular weight is 330 g/mol. The molecule has 1 aromatic carbocycles. The van der Waals surface area contributed by atoms with Crippen molar-refractivity contribution in [1.29, 1.82) is 0 Å². The molecule has 1 unspecified atom stereocenters. The highest BCUT2D eigenvalue weighted by Gasteiger charge is 2.32. The molecule has 2 heterocycles. The number of amides is 3. The van der Waals surface area contributed by atoms with E-state index < -0.39 is 0 Å². The van der Waals surface area contributed by atoms with Crippen molar-refractivity contribution >= 4 is 17.7 Å². The lowest BCUT2D eigenvalue weighted by molar-refractivity contribution is -0.139. The lowest BCUT2D eigenvalue weighted by atomic mass is 10.0. The largest absolute Gasteiger partial charge is 0.497 e. The standard InChI is InChI=1S/C18H22N2O4/c1-24-14-6-4-13(5-7-14)15-3-2-11-19(15)18(23)10-12-20-16(21)8-9-17(20)22/h4-7,15H,2-3,8-12H2,1H3. The molecular formula is C18H22N2O4. The molecule has 0 aromatic heterocycles. The molecule has 0 N–H and O–H groups in total. The lowest BCUT2D eigenvalue weighted by Crippen LogP contribution is -2.36. The van der Waals surface area contributed by atoms with Crippen LogP contribution in [0.4, 0.5) is 0 Å². The van der Waals surface area contributed by atoms with Crippen molar-refractivity contribution in [2.45, 2.75) is 38.1 Å². The molecule has 128 valence electrons. The third-order valence-corrected chi connectivity index (χ3v) is 4.78. The molecule has 0 saturated carbocycles. The van der Waals surface area contributed by atoms with E-state index in [0.717, 1.165) is 30.7 Å². The Kier molecular flexibility index (Phi) is 4.83. The number of rotatable bonds is 5. The summed E-state index contributed by atoms with van der Waals surface area (Å²) in [6.45, 7) is 0.916. The number of likely N-dealkylation sites (tertiary alicyclic amines) is 2. The fourth-order valence-corrected chi connectivity index (χ4v) is 3.46. The van der Waals surface area contributed by atoms with E-state index in [1.807, 2.05) is 29.2 Å². The molecule has 2 saturated heterocycles. The van der Waals surface area contributed by atoms with Crippen molar-refractivity contribution in [2.24, 2.45) is 0 Å². The Morgan fingerprint density at radius 3 is 2.46 bits per heavy atom. The zero-order chi connectivity index (χ0) is 17.1. The first-order chi connectivity index (χ1) is 11.6. The van der Waals surface area contributed by atoms with E-state index in [1.54, 1.807) is 7.11 Å². The third-order valence-electron chi connectivity index (χ3n) is 4.78. The quantitative estimate of drug-likeness (QED) is 0.773. The number of nitrogens with zero attached hydrogens (tertiary/aromatic N) is 2. The summed E-state index contributed by atoms with van der Waals surface area (Å²) in [7, 11) is 1.63. The average Bonchev–Trinajstić information content (AvgIpc) is 3.20. The monoisotopic (exact) mass is 330 g/mol. The summed E-state index contributed by atoms with van der Waals surface area (Å²) in [4.78, 5) is 38.9. The molecule has 2 aliphatic rings. The summed E-state index contributed by atoms with van der Waals surface area (Å²) in [6, 6.07) is 7.84. The summed E-state index contributed by atoms with van der Waals surface area (Å²) in [5, 5.41) is 0. The first kappa shape index (κ1) is 16.5. The number of benzene rings is 1. The van der Waals surface area contributed by atoms with E-state index in [9.17, 15) is 14.4 Å². The smallest absolute Gasteiger partial charge is 0.229 e. The molecule has 2 fully saturated rings. The first-order valence-corrected chi connectivity index (χ1v) is 8.37. The van der Waals surface area contributed by atoms with E-state index >= 15 is 0 Å². The van der Waals surface area contributed by atoms with Crippen molar-refractivity contribution in [1.82, 2.24) is 9.80 Å². The number of methoxy groups -OCH3 is 1. The van der Waals surface area contributed by atoms with Crippen LogP contribution in [0.15, 0.2) is 24.3 Å². The Morgan fingerprint density at radius 2 is 1.83 bits per heavy atom. The fourth-order valence-electron chi connectivity index (χ4n) is 3.46. The van der Waals surface area contributed by atoms with Crippen LogP contribution in [0.1, 0.15) is 43.7 Å². The fraction of sp³-hybridized carbons (Fsp3) is 0.500. The molecule has 2 aliphatic heterocycles. The van der Waals surface area contributed by atoms with Crippen molar-refractivity contribution in [2.75, 3.05) is 20.2 Å². The van der Waals surface area contributed by atoms with Crippen LogP contribution in [-0.2, 0) is 14.4 Å². The third kappa shape index (κ3) is 3.27. The molecule has 3 amide bonds. The van der Waals surface area contributed by atoms with Crippen molar-refractivity contribution in [3.8, 4) is 5.75 Å². The Morgan fingerprint density at radius 1 is 1.17 bits per heavy atom. The number of imide groups is 1. The summed E-state index contributed by atoms with van der Waals surface area (Å²) < 4.78 is 5.17. The Hall–Kier alpha value is -2.37. The molecule has 6 nitrogen and oxygen atoms in total. The maximum absolute atomic E-state index is 12.6. The van der Waals surface area contributed by atoms with Gasteiger partial charge in [-0.25, -0.2) is 0 Å². The van der Waals surface area contributed by atoms with Crippen LogP contribution in [0.3, 0.4) is 0 Å². The van der Waals surface area contributed by atoms with Crippen molar-refractivity contribution in [3.05, 3.63) is 29.8 Å². The van der Waals surface area contributed by atoms with Crippen molar-refractivity contribution in [3.63, 3.8) is 0 Å². The van der Waals surface area contributed by atoms with Crippen molar-refractivity contribution < 1.29 is 19.1 Å². The van der Waals surface area contributed by atoms with E-state index in [1.165, 1.54) is 4.90 Å². The Labute approximate surface area is 141 Å². The van der Waals surface area contributed by atoms with Gasteiger partial charge in [0, 0.05) is 32.4 Å². The van der Waals surface area contributed by atoms with Gasteiger partial charge in [-0.1, -0.05) is 12.1 Å². The normalized spacial score (nSPS) is 20.8. The van der Waals surface area contributed by atoms with Crippen LogP contribution in [0.25, 0.3) is 0 Å². The van der Waals surface area contributed by atoms with Gasteiger partial charge in [0.2, 0.25) is 17.7 Å². The maximum atomic E-state index is 12.6. The molecule has 0 bridgehead atoms. The molecule has 24 heavy (non-hydrogen) atoms. The Bertz CT molecular complexity index is 625. The second-order valence-corrected chi connectivity index (χ2v) is 6.21. The van der Waals surface area contributed by atoms with Crippen LogP contribution in [0.2, 0.25) is 0 Å². The van der Waals surface area contributed by atoms with Gasteiger partial charge in [-0.05, 0) is 30.5 Å². The van der Waals surface area contributed by atoms with E-state index in [0.29, 0.717) is 0 Å². The van der Waals surface area contributed by atoms with Gasteiger partial charge in [-0.3, -0.25) is 19.3 Å². The second-order valence-electron chi connectivity index (χ2n) is 6.21. The molecular weight excluding hydrogens is 308 g/mol. The molecule has 0 spiro atoms. The van der Waals surface area contributed by atoms with Gasteiger partial charge in [-0.15, -0.1) is 0 Å². The highest BCUT2D eigenvalue weighted by molar-refractivity contribution is 6.02. The molecule has 1 aromatic rings. The number of carbonyl (C=O) groups is 3. The molecule has 3 rings (SSSR count). The zero-order valence-electron chi connectivity index (χ0n) is 13.9. The number of carbonyl (C=O) groups excluding carboxylic acids is 3. The number of hydrogen-bond acceptors (Lipinski definition) is 4. The van der Waals surface area contributed by atoms with Crippen LogP contribution >= 0.6 is 0 Å². The van der Waals surface area contributed by atoms with Gasteiger partial charge < -0.3 is 9.64 Å². The predicted octanol–water partition coefficient (Wildman–Crippen LogP) is 1.90. The lowest BCUT2D eigenvalue weighted by Gasteiger charge is -2.26. The number of hydrogen-bond donors (Lipinski definition) is 0. The van der Waals surface area contributed by atoms with Gasteiger partial charge in [0.1, 0.15) is 5.75 Å². The van der Waals surface area contributed by atoms with Gasteiger partial charge in [0.05, 0.1) is 13.2 Å². The van der Waals surface area contributed by atoms with E-state index in [-0.39, 0.29) is 49.6 Å². The SMILES string of the molecule is COc1ccc(C2CCCN2C(=O)CCN2C(=O)CCC2=O)cc1. The van der Waals surface area contributed by atoms with Gasteiger partial charge in [0.15, 0.2) is 0 Å². The highest BCUT2D eigenvalue weighted by Crippen LogP contribution is 2.33.